The molecule has 1 atom stereocenters. The van der Waals surface area contributed by atoms with Crippen molar-refractivity contribution >= 4 is 16.2 Å². The van der Waals surface area contributed by atoms with E-state index in [1.807, 2.05) is 27.7 Å². The van der Waals surface area contributed by atoms with Gasteiger partial charge in [-0.2, -0.15) is 8.42 Å². The lowest BCUT2D eigenvalue weighted by Crippen LogP contribution is -2.42. The average Bonchev–Trinajstić information content (AvgIpc) is 2.24. The average molecular weight is 321 g/mol. The Morgan fingerprint density at radius 2 is 1.71 bits per heavy atom. The SMILES string of the molecule is CC(NC(=O)OC(C)(C)C)C1CCC(OS(C)(=O)=O)CC1. The van der Waals surface area contributed by atoms with E-state index in [-0.39, 0.29) is 12.1 Å². The summed E-state index contributed by atoms with van der Waals surface area (Å²) in [6.45, 7) is 7.42. The molecule has 0 bridgehead atoms. The van der Waals surface area contributed by atoms with Gasteiger partial charge in [0.25, 0.3) is 10.1 Å². The van der Waals surface area contributed by atoms with Crippen molar-refractivity contribution in [2.75, 3.05) is 6.26 Å². The van der Waals surface area contributed by atoms with Gasteiger partial charge < -0.3 is 10.1 Å². The summed E-state index contributed by atoms with van der Waals surface area (Å²) in [6.07, 6.45) is 3.48. The summed E-state index contributed by atoms with van der Waals surface area (Å²) < 4.78 is 32.4. The van der Waals surface area contributed by atoms with E-state index in [1.54, 1.807) is 0 Å². The highest BCUT2D eigenvalue weighted by Gasteiger charge is 2.29. The molecule has 0 saturated heterocycles. The molecule has 21 heavy (non-hydrogen) atoms. The van der Waals surface area contributed by atoms with E-state index in [0.29, 0.717) is 18.8 Å². The lowest BCUT2D eigenvalue weighted by molar-refractivity contribution is 0.0471. The van der Waals surface area contributed by atoms with Gasteiger partial charge in [0.1, 0.15) is 5.60 Å². The number of hydrogen-bond acceptors (Lipinski definition) is 5. The van der Waals surface area contributed by atoms with Gasteiger partial charge in [0.15, 0.2) is 0 Å². The van der Waals surface area contributed by atoms with Gasteiger partial charge in [0.05, 0.1) is 12.4 Å². The minimum Gasteiger partial charge on any atom is -0.444 e. The van der Waals surface area contributed by atoms with E-state index in [4.69, 9.17) is 8.92 Å². The molecule has 0 radical (unpaired) electrons. The fourth-order valence-electron chi connectivity index (χ4n) is 2.54. The van der Waals surface area contributed by atoms with Gasteiger partial charge in [-0.1, -0.05) is 0 Å². The third kappa shape index (κ3) is 7.66. The van der Waals surface area contributed by atoms with Crippen LogP contribution >= 0.6 is 0 Å². The standard InChI is InChI=1S/C14H27NO5S/c1-10(15-13(16)19-14(2,3)4)11-6-8-12(9-7-11)20-21(5,17)18/h10-12H,6-9H2,1-5H3,(H,15,16). The van der Waals surface area contributed by atoms with Crippen LogP contribution in [0.1, 0.15) is 53.4 Å². The molecular formula is C14H27NO5S. The Kier molecular flexibility index (Phi) is 6.04. The van der Waals surface area contributed by atoms with Gasteiger partial charge in [-0.25, -0.2) is 4.79 Å². The van der Waals surface area contributed by atoms with Crippen molar-refractivity contribution < 1.29 is 22.1 Å². The third-order valence-corrected chi connectivity index (χ3v) is 4.10. The van der Waals surface area contributed by atoms with E-state index >= 15 is 0 Å². The van der Waals surface area contributed by atoms with Crippen LogP contribution in [-0.2, 0) is 19.0 Å². The van der Waals surface area contributed by atoms with E-state index in [2.05, 4.69) is 5.32 Å². The van der Waals surface area contributed by atoms with Gasteiger partial charge in [-0.05, 0) is 59.3 Å². The number of carbonyl (C=O) groups is 1. The third-order valence-electron chi connectivity index (χ3n) is 3.48. The number of carbonyl (C=O) groups excluding carboxylic acids is 1. The van der Waals surface area contributed by atoms with Crippen LogP contribution in [0.5, 0.6) is 0 Å². The Labute approximate surface area is 127 Å². The number of alkyl carbamates (subject to hydrolysis) is 1. The van der Waals surface area contributed by atoms with Crippen molar-refractivity contribution in [1.82, 2.24) is 5.32 Å². The van der Waals surface area contributed by atoms with Crippen molar-refractivity contribution in [3.8, 4) is 0 Å². The first kappa shape index (κ1) is 18.2. The summed E-state index contributed by atoms with van der Waals surface area (Å²) in [7, 11) is -3.39. The van der Waals surface area contributed by atoms with Crippen molar-refractivity contribution in [3.63, 3.8) is 0 Å². The van der Waals surface area contributed by atoms with E-state index in [9.17, 15) is 13.2 Å². The van der Waals surface area contributed by atoms with Crippen LogP contribution < -0.4 is 5.32 Å². The minimum atomic E-state index is -3.39. The molecule has 1 amide bonds. The number of ether oxygens (including phenoxy) is 1. The Balaban J connectivity index is 2.38. The fourth-order valence-corrected chi connectivity index (χ4v) is 3.23. The zero-order valence-corrected chi connectivity index (χ0v) is 14.3. The van der Waals surface area contributed by atoms with E-state index < -0.39 is 21.8 Å². The second kappa shape index (κ2) is 6.96. The molecule has 6 nitrogen and oxygen atoms in total. The maximum Gasteiger partial charge on any atom is 0.407 e. The summed E-state index contributed by atoms with van der Waals surface area (Å²) in [5.41, 5.74) is -0.509. The van der Waals surface area contributed by atoms with E-state index in [0.717, 1.165) is 19.1 Å². The summed E-state index contributed by atoms with van der Waals surface area (Å²) in [5, 5.41) is 2.85. The predicted molar refractivity (Wildman–Crippen MR) is 80.5 cm³/mol. The molecule has 0 aromatic carbocycles. The van der Waals surface area contributed by atoms with Crippen LogP contribution in [0.3, 0.4) is 0 Å². The zero-order chi connectivity index (χ0) is 16.3. The molecule has 0 aromatic heterocycles. The van der Waals surface area contributed by atoms with Crippen LogP contribution in [0.2, 0.25) is 0 Å². The molecule has 7 heteroatoms. The van der Waals surface area contributed by atoms with Crippen molar-refractivity contribution in [1.29, 1.82) is 0 Å². The molecule has 1 N–H and O–H groups in total. The molecule has 1 rings (SSSR count). The lowest BCUT2D eigenvalue weighted by atomic mass is 9.83. The summed E-state index contributed by atoms with van der Waals surface area (Å²) in [5.74, 6) is 0.317. The second-order valence-electron chi connectivity index (χ2n) is 6.77. The molecular weight excluding hydrogens is 294 g/mol. The Hall–Kier alpha value is -0.820. The number of nitrogens with one attached hydrogen (secondary N) is 1. The van der Waals surface area contributed by atoms with Crippen molar-refractivity contribution in [2.24, 2.45) is 5.92 Å². The molecule has 1 aliphatic carbocycles. The van der Waals surface area contributed by atoms with Crippen molar-refractivity contribution in [2.45, 2.75) is 71.1 Å². The first-order valence-corrected chi connectivity index (χ1v) is 9.16. The Bertz CT molecular complexity index is 446. The van der Waals surface area contributed by atoms with Crippen molar-refractivity contribution in [3.05, 3.63) is 0 Å². The maximum atomic E-state index is 11.7. The summed E-state index contributed by atoms with van der Waals surface area (Å²) in [6, 6.07) is -0.000895. The molecule has 0 aromatic rings. The van der Waals surface area contributed by atoms with Crippen LogP contribution in [-0.4, -0.2) is 38.5 Å². The molecule has 1 saturated carbocycles. The monoisotopic (exact) mass is 321 g/mol. The second-order valence-corrected chi connectivity index (χ2v) is 8.37. The first-order valence-electron chi connectivity index (χ1n) is 7.34. The summed E-state index contributed by atoms with van der Waals surface area (Å²) in [4.78, 5) is 11.7. The highest BCUT2D eigenvalue weighted by atomic mass is 32.2. The molecule has 0 spiro atoms. The maximum absolute atomic E-state index is 11.7. The van der Waals surface area contributed by atoms with Gasteiger partial charge in [0.2, 0.25) is 0 Å². The molecule has 0 heterocycles. The van der Waals surface area contributed by atoms with Crippen LogP contribution in [0.25, 0.3) is 0 Å². The molecule has 1 aliphatic rings. The topological polar surface area (TPSA) is 81.7 Å². The van der Waals surface area contributed by atoms with Gasteiger partial charge in [0, 0.05) is 6.04 Å². The van der Waals surface area contributed by atoms with Gasteiger partial charge in [-0.15, -0.1) is 0 Å². The fraction of sp³-hybridized carbons (Fsp3) is 0.929. The molecule has 1 fully saturated rings. The number of hydrogen-bond donors (Lipinski definition) is 1. The van der Waals surface area contributed by atoms with E-state index in [1.165, 1.54) is 0 Å². The van der Waals surface area contributed by atoms with Gasteiger partial charge in [-0.3, -0.25) is 4.18 Å². The normalized spacial score (nSPS) is 25.2. The summed E-state index contributed by atoms with van der Waals surface area (Å²) >= 11 is 0. The molecule has 124 valence electrons. The first-order chi connectivity index (χ1) is 9.46. The van der Waals surface area contributed by atoms with Gasteiger partial charge >= 0.3 is 6.09 Å². The largest absolute Gasteiger partial charge is 0.444 e. The highest BCUT2D eigenvalue weighted by Crippen LogP contribution is 2.29. The number of amides is 1. The lowest BCUT2D eigenvalue weighted by Gasteiger charge is -2.32. The van der Waals surface area contributed by atoms with Crippen LogP contribution in [0, 0.1) is 5.92 Å². The Morgan fingerprint density at radius 1 is 1.19 bits per heavy atom. The smallest absolute Gasteiger partial charge is 0.407 e. The van der Waals surface area contributed by atoms with Crippen LogP contribution in [0.4, 0.5) is 4.79 Å². The quantitative estimate of drug-likeness (QED) is 0.804. The molecule has 0 aliphatic heterocycles. The highest BCUT2D eigenvalue weighted by molar-refractivity contribution is 7.86. The number of rotatable bonds is 4. The zero-order valence-electron chi connectivity index (χ0n) is 13.5. The predicted octanol–water partition coefficient (Wildman–Crippen LogP) is 2.43. The molecule has 1 unspecified atom stereocenters. The Morgan fingerprint density at radius 3 is 2.14 bits per heavy atom. The van der Waals surface area contributed by atoms with Crippen LogP contribution in [0.15, 0.2) is 0 Å². The minimum absolute atomic E-state index is 0.000895.